The van der Waals surface area contributed by atoms with Gasteiger partial charge in [0.05, 0.1) is 23.6 Å². The third kappa shape index (κ3) is 3.55. The summed E-state index contributed by atoms with van der Waals surface area (Å²) in [4.78, 5) is 15.6. The number of aromatic nitrogens is 5. The molecule has 0 saturated carbocycles. The van der Waals surface area contributed by atoms with Crippen LogP contribution < -0.4 is 4.74 Å². The number of hydrogen-bond donors (Lipinski definition) is 1. The molecule has 1 aromatic carbocycles. The van der Waals surface area contributed by atoms with E-state index >= 15 is 0 Å². The quantitative estimate of drug-likeness (QED) is 0.744. The van der Waals surface area contributed by atoms with Crippen molar-refractivity contribution in [1.29, 1.82) is 0 Å². The molecule has 2 aromatic heterocycles. The van der Waals surface area contributed by atoms with Crippen molar-refractivity contribution in [2.75, 3.05) is 13.2 Å². The van der Waals surface area contributed by atoms with Crippen LogP contribution >= 0.6 is 0 Å². The number of phenolic OH excluding ortho intramolecular Hbond substituents is 1. The lowest BCUT2D eigenvalue weighted by Crippen LogP contribution is -2.27. The molecule has 4 rings (SSSR count). The summed E-state index contributed by atoms with van der Waals surface area (Å²) in [5.74, 6) is 1.60. The zero-order chi connectivity index (χ0) is 19.7. The van der Waals surface area contributed by atoms with Crippen LogP contribution in [0.15, 0.2) is 24.7 Å². The first-order valence-corrected chi connectivity index (χ1v) is 9.43. The van der Waals surface area contributed by atoms with Crippen LogP contribution in [0.5, 0.6) is 11.5 Å². The van der Waals surface area contributed by atoms with Gasteiger partial charge in [0, 0.05) is 37.0 Å². The smallest absolute Gasteiger partial charge is 0.165 e. The van der Waals surface area contributed by atoms with Crippen molar-refractivity contribution in [3.63, 3.8) is 0 Å². The number of rotatable bonds is 4. The van der Waals surface area contributed by atoms with Gasteiger partial charge in [0.15, 0.2) is 11.5 Å². The number of fused-ring (bicyclic) bond motifs is 1. The van der Waals surface area contributed by atoms with E-state index in [0.717, 1.165) is 47.1 Å². The highest BCUT2D eigenvalue weighted by molar-refractivity contribution is 5.67. The van der Waals surface area contributed by atoms with Gasteiger partial charge >= 0.3 is 0 Å². The number of hydrogen-bond acceptors (Lipinski definition) is 7. The highest BCUT2D eigenvalue weighted by Gasteiger charge is 2.22. The fraction of sp³-hybridized carbons (Fsp3) is 0.400. The Bertz CT molecular complexity index is 1000. The predicted octanol–water partition coefficient (Wildman–Crippen LogP) is 2.47. The Morgan fingerprint density at radius 1 is 1.21 bits per heavy atom. The SMILES string of the molecule is CCn1ncnc1CN1CCOc2c(O)cc(-c3nc(C)cnc3C)cc2C1. The summed E-state index contributed by atoms with van der Waals surface area (Å²) in [7, 11) is 0. The number of phenols is 1. The summed E-state index contributed by atoms with van der Waals surface area (Å²) in [5.41, 5.74) is 4.21. The van der Waals surface area contributed by atoms with Crippen molar-refractivity contribution in [2.45, 2.75) is 40.4 Å². The molecule has 0 atom stereocenters. The minimum atomic E-state index is 0.133. The van der Waals surface area contributed by atoms with Gasteiger partial charge < -0.3 is 9.84 Å². The van der Waals surface area contributed by atoms with Crippen LogP contribution in [0, 0.1) is 13.8 Å². The number of benzene rings is 1. The fourth-order valence-electron chi connectivity index (χ4n) is 3.51. The molecular formula is C20H24N6O2. The molecule has 0 spiro atoms. The van der Waals surface area contributed by atoms with E-state index in [1.807, 2.05) is 24.6 Å². The van der Waals surface area contributed by atoms with Crippen molar-refractivity contribution >= 4 is 0 Å². The molecule has 146 valence electrons. The Morgan fingerprint density at radius 3 is 2.89 bits per heavy atom. The van der Waals surface area contributed by atoms with Gasteiger partial charge in [-0.05, 0) is 32.9 Å². The molecule has 0 fully saturated rings. The Hall–Kier alpha value is -3.00. The van der Waals surface area contributed by atoms with E-state index in [4.69, 9.17) is 4.74 Å². The molecule has 1 N–H and O–H groups in total. The predicted molar refractivity (Wildman–Crippen MR) is 104 cm³/mol. The molecule has 0 saturated heterocycles. The molecule has 0 bridgehead atoms. The molecule has 0 unspecified atom stereocenters. The summed E-state index contributed by atoms with van der Waals surface area (Å²) in [5, 5.41) is 14.8. The molecule has 3 heterocycles. The number of aromatic hydroxyl groups is 1. The molecule has 28 heavy (non-hydrogen) atoms. The standard InChI is InChI=1S/C20H24N6O2/c1-4-26-18(22-12-23-26)11-25-5-6-28-20-16(10-25)7-15(8-17(20)27)19-14(3)21-9-13(2)24-19/h7-9,12,27H,4-6,10-11H2,1-3H3. The van der Waals surface area contributed by atoms with Gasteiger partial charge in [0.2, 0.25) is 0 Å². The molecule has 8 nitrogen and oxygen atoms in total. The molecule has 3 aromatic rings. The van der Waals surface area contributed by atoms with Crippen molar-refractivity contribution in [3.8, 4) is 22.8 Å². The van der Waals surface area contributed by atoms with Crippen molar-refractivity contribution in [2.24, 2.45) is 0 Å². The van der Waals surface area contributed by atoms with Gasteiger partial charge in [-0.3, -0.25) is 9.88 Å². The summed E-state index contributed by atoms with van der Waals surface area (Å²) in [6.07, 6.45) is 3.33. The lowest BCUT2D eigenvalue weighted by molar-refractivity contribution is 0.210. The lowest BCUT2D eigenvalue weighted by Gasteiger charge is -2.19. The minimum Gasteiger partial charge on any atom is -0.504 e. The molecule has 1 aliphatic heterocycles. The average molecular weight is 380 g/mol. The Balaban J connectivity index is 1.67. The average Bonchev–Trinajstić information content (AvgIpc) is 3.01. The normalized spacial score (nSPS) is 14.4. The summed E-state index contributed by atoms with van der Waals surface area (Å²) in [6, 6.07) is 3.74. The summed E-state index contributed by atoms with van der Waals surface area (Å²) >= 11 is 0. The number of nitrogens with zero attached hydrogens (tertiary/aromatic N) is 6. The third-order valence-corrected chi connectivity index (χ3v) is 4.90. The van der Waals surface area contributed by atoms with Crippen LogP contribution in [0.4, 0.5) is 0 Å². The van der Waals surface area contributed by atoms with Crippen LogP contribution in [0.3, 0.4) is 0 Å². The summed E-state index contributed by atoms with van der Waals surface area (Å²) in [6.45, 7) is 9.23. The van der Waals surface area contributed by atoms with Gasteiger partial charge in [-0.1, -0.05) is 0 Å². The largest absolute Gasteiger partial charge is 0.504 e. The molecule has 8 heteroatoms. The van der Waals surface area contributed by atoms with Gasteiger partial charge in [-0.25, -0.2) is 14.6 Å². The highest BCUT2D eigenvalue weighted by atomic mass is 16.5. The van der Waals surface area contributed by atoms with E-state index in [1.54, 1.807) is 18.6 Å². The van der Waals surface area contributed by atoms with Crippen LogP contribution in [0.1, 0.15) is 29.7 Å². The van der Waals surface area contributed by atoms with E-state index in [1.165, 1.54) is 0 Å². The Kier molecular flexibility index (Phi) is 4.95. The number of ether oxygens (including phenoxy) is 1. The van der Waals surface area contributed by atoms with Crippen LogP contribution in [0.25, 0.3) is 11.3 Å². The summed E-state index contributed by atoms with van der Waals surface area (Å²) < 4.78 is 7.75. The maximum absolute atomic E-state index is 10.6. The molecule has 0 amide bonds. The Labute approximate surface area is 163 Å². The fourth-order valence-corrected chi connectivity index (χ4v) is 3.51. The van der Waals surface area contributed by atoms with Crippen LogP contribution in [0.2, 0.25) is 0 Å². The number of aryl methyl sites for hydroxylation is 3. The second-order valence-electron chi connectivity index (χ2n) is 6.98. The second-order valence-corrected chi connectivity index (χ2v) is 6.98. The maximum Gasteiger partial charge on any atom is 0.165 e. The monoisotopic (exact) mass is 380 g/mol. The molecule has 1 aliphatic rings. The van der Waals surface area contributed by atoms with Crippen molar-refractivity contribution < 1.29 is 9.84 Å². The van der Waals surface area contributed by atoms with E-state index in [-0.39, 0.29) is 5.75 Å². The van der Waals surface area contributed by atoms with Crippen LogP contribution in [-0.4, -0.2) is 47.9 Å². The van der Waals surface area contributed by atoms with Gasteiger partial charge in [-0.15, -0.1) is 0 Å². The van der Waals surface area contributed by atoms with Gasteiger partial charge in [0.25, 0.3) is 0 Å². The first-order valence-electron chi connectivity index (χ1n) is 9.43. The van der Waals surface area contributed by atoms with Crippen LogP contribution in [-0.2, 0) is 19.6 Å². The first-order chi connectivity index (χ1) is 13.5. The highest BCUT2D eigenvalue weighted by Crippen LogP contribution is 2.37. The minimum absolute atomic E-state index is 0.133. The zero-order valence-electron chi connectivity index (χ0n) is 16.4. The van der Waals surface area contributed by atoms with E-state index in [9.17, 15) is 5.11 Å². The van der Waals surface area contributed by atoms with Gasteiger partial charge in [0.1, 0.15) is 18.8 Å². The molecular weight excluding hydrogens is 356 g/mol. The lowest BCUT2D eigenvalue weighted by atomic mass is 10.0. The first kappa shape index (κ1) is 18.4. The van der Waals surface area contributed by atoms with E-state index in [0.29, 0.717) is 25.4 Å². The second kappa shape index (κ2) is 7.55. The molecule has 0 radical (unpaired) electrons. The van der Waals surface area contributed by atoms with E-state index in [2.05, 4.69) is 31.9 Å². The zero-order valence-corrected chi connectivity index (χ0v) is 16.4. The Morgan fingerprint density at radius 2 is 2.07 bits per heavy atom. The van der Waals surface area contributed by atoms with E-state index < -0.39 is 0 Å². The third-order valence-electron chi connectivity index (χ3n) is 4.90. The maximum atomic E-state index is 10.6. The van der Waals surface area contributed by atoms with Gasteiger partial charge in [-0.2, -0.15) is 5.10 Å². The topological polar surface area (TPSA) is 89.2 Å². The van der Waals surface area contributed by atoms with Crippen molar-refractivity contribution in [3.05, 3.63) is 47.4 Å². The molecule has 0 aliphatic carbocycles. The van der Waals surface area contributed by atoms with Crippen molar-refractivity contribution in [1.82, 2.24) is 29.6 Å².